The fourth-order valence-electron chi connectivity index (χ4n) is 5.72. The highest BCUT2D eigenvalue weighted by Crippen LogP contribution is 2.40. The van der Waals surface area contributed by atoms with Crippen molar-refractivity contribution >= 4 is 5.57 Å². The Morgan fingerprint density at radius 2 is 1.70 bits per heavy atom. The van der Waals surface area contributed by atoms with Crippen LogP contribution in [0.15, 0.2) is 43.0 Å². The second-order valence-electron chi connectivity index (χ2n) is 10.1. The quantitative estimate of drug-likeness (QED) is 0.232. The number of halogens is 4. The first-order valence-corrected chi connectivity index (χ1v) is 13.4. The topological polar surface area (TPSA) is 18.5 Å². The Balaban J connectivity index is 1.32. The molecule has 2 aromatic carbocycles. The van der Waals surface area contributed by atoms with Gasteiger partial charge in [-0.15, -0.1) is 0 Å². The lowest BCUT2D eigenvalue weighted by Crippen LogP contribution is -2.16. The average molecular weight is 517 g/mol. The van der Waals surface area contributed by atoms with Crippen molar-refractivity contribution in [1.82, 2.24) is 0 Å². The molecule has 37 heavy (non-hydrogen) atoms. The van der Waals surface area contributed by atoms with Gasteiger partial charge in [0.2, 0.25) is 5.82 Å². The second kappa shape index (κ2) is 12.8. The molecule has 0 aliphatic heterocycles. The minimum Gasteiger partial charge on any atom is -0.486 e. The first-order chi connectivity index (χ1) is 17.9. The van der Waals surface area contributed by atoms with Crippen LogP contribution in [0.5, 0.6) is 5.75 Å². The summed E-state index contributed by atoms with van der Waals surface area (Å²) in [5.74, 6) is -3.14. The number of ether oxygens (including phenoxy) is 2. The summed E-state index contributed by atoms with van der Waals surface area (Å²) in [6.45, 7) is 6.24. The summed E-state index contributed by atoms with van der Waals surface area (Å²) < 4.78 is 69.7. The average Bonchev–Trinajstić information content (AvgIpc) is 2.92. The lowest BCUT2D eigenvalue weighted by Gasteiger charge is -2.29. The van der Waals surface area contributed by atoms with Crippen LogP contribution in [0.2, 0.25) is 0 Å². The van der Waals surface area contributed by atoms with Gasteiger partial charge in [0.1, 0.15) is 6.61 Å². The van der Waals surface area contributed by atoms with E-state index in [0.29, 0.717) is 42.1 Å². The number of aryl methyl sites for hydroxylation is 1. The van der Waals surface area contributed by atoms with Gasteiger partial charge in [-0.3, -0.25) is 0 Å². The molecule has 2 aliphatic carbocycles. The highest BCUT2D eigenvalue weighted by Gasteiger charge is 2.27. The van der Waals surface area contributed by atoms with Crippen molar-refractivity contribution in [1.29, 1.82) is 0 Å². The van der Waals surface area contributed by atoms with E-state index in [1.165, 1.54) is 12.1 Å². The van der Waals surface area contributed by atoms with Crippen molar-refractivity contribution in [3.63, 3.8) is 0 Å². The maximum Gasteiger partial charge on any atom is 0.200 e. The zero-order valence-corrected chi connectivity index (χ0v) is 21.5. The van der Waals surface area contributed by atoms with Crippen LogP contribution < -0.4 is 4.74 Å². The van der Waals surface area contributed by atoms with Crippen molar-refractivity contribution < 1.29 is 27.0 Å². The Morgan fingerprint density at radius 3 is 2.38 bits per heavy atom. The normalized spacial score (nSPS) is 22.0. The molecule has 1 saturated carbocycles. The van der Waals surface area contributed by atoms with E-state index in [1.807, 2.05) is 13.0 Å². The molecule has 0 spiro atoms. The molecular formula is C31H36F4O2. The zero-order chi connectivity index (χ0) is 26.4. The van der Waals surface area contributed by atoms with Crippen LogP contribution in [0, 0.1) is 29.2 Å². The van der Waals surface area contributed by atoms with Gasteiger partial charge in [-0.1, -0.05) is 36.9 Å². The SMILES string of the molecule is C=CCOc1ccc(C2CCC(CCc3ccc(C4=CCC(OCC)CC4)c(F)c3F)CC2)c(F)c1F. The Hall–Kier alpha value is -2.60. The van der Waals surface area contributed by atoms with Crippen molar-refractivity contribution in [3.8, 4) is 5.75 Å². The smallest absolute Gasteiger partial charge is 0.200 e. The highest BCUT2D eigenvalue weighted by atomic mass is 19.2. The molecule has 200 valence electrons. The van der Waals surface area contributed by atoms with E-state index in [-0.39, 0.29) is 24.4 Å². The number of hydrogen-bond donors (Lipinski definition) is 0. The lowest BCUT2D eigenvalue weighted by atomic mass is 9.76. The van der Waals surface area contributed by atoms with E-state index in [2.05, 4.69) is 6.58 Å². The summed E-state index contributed by atoms with van der Waals surface area (Å²) in [5, 5.41) is 0. The molecule has 0 heterocycles. The Labute approximate surface area is 217 Å². The first kappa shape index (κ1) is 27.4. The van der Waals surface area contributed by atoms with Crippen LogP contribution in [-0.2, 0) is 11.2 Å². The number of rotatable bonds is 10. The van der Waals surface area contributed by atoms with Crippen molar-refractivity contribution in [2.24, 2.45) is 5.92 Å². The molecule has 6 heteroatoms. The standard InChI is InChI=1S/C31H36F4O2/c1-3-19-37-27-18-17-26(30(34)31(27)35)21-8-5-20(6-9-21)7-10-23-13-16-25(29(33)28(23)32)22-11-14-24(15-12-22)36-4-2/h3,11,13,16-18,20-21,24H,1,4-10,12,14-15,19H2,2H3. The van der Waals surface area contributed by atoms with Crippen LogP contribution in [0.3, 0.4) is 0 Å². The van der Waals surface area contributed by atoms with E-state index in [0.717, 1.165) is 50.5 Å². The van der Waals surface area contributed by atoms with Gasteiger partial charge in [0, 0.05) is 12.2 Å². The van der Waals surface area contributed by atoms with Crippen molar-refractivity contribution in [2.45, 2.75) is 76.7 Å². The highest BCUT2D eigenvalue weighted by molar-refractivity contribution is 5.67. The second-order valence-corrected chi connectivity index (χ2v) is 10.1. The molecule has 4 rings (SSSR count). The van der Waals surface area contributed by atoms with Gasteiger partial charge in [-0.2, -0.15) is 4.39 Å². The van der Waals surface area contributed by atoms with Crippen LogP contribution >= 0.6 is 0 Å². The summed E-state index contributed by atoms with van der Waals surface area (Å²) in [6.07, 6.45) is 10.2. The summed E-state index contributed by atoms with van der Waals surface area (Å²) in [4.78, 5) is 0. The predicted octanol–water partition coefficient (Wildman–Crippen LogP) is 8.69. The van der Waals surface area contributed by atoms with Gasteiger partial charge in [-0.25, -0.2) is 13.2 Å². The van der Waals surface area contributed by atoms with E-state index in [9.17, 15) is 17.6 Å². The maximum atomic E-state index is 14.9. The van der Waals surface area contributed by atoms with Crippen LogP contribution in [0.25, 0.3) is 5.57 Å². The minimum atomic E-state index is -0.958. The summed E-state index contributed by atoms with van der Waals surface area (Å²) in [6, 6.07) is 6.51. The molecule has 0 bridgehead atoms. The molecule has 1 atom stereocenters. The fourth-order valence-corrected chi connectivity index (χ4v) is 5.72. The third-order valence-corrected chi connectivity index (χ3v) is 7.82. The van der Waals surface area contributed by atoms with Crippen LogP contribution in [0.1, 0.15) is 80.9 Å². The first-order valence-electron chi connectivity index (χ1n) is 13.4. The molecule has 0 radical (unpaired) electrons. The van der Waals surface area contributed by atoms with E-state index < -0.39 is 23.3 Å². The van der Waals surface area contributed by atoms with Crippen LogP contribution in [-0.4, -0.2) is 19.3 Å². The predicted molar refractivity (Wildman–Crippen MR) is 139 cm³/mol. The summed E-state index contributed by atoms with van der Waals surface area (Å²) in [7, 11) is 0. The Bertz CT molecular complexity index is 1120. The molecule has 1 fully saturated rings. The van der Waals surface area contributed by atoms with Gasteiger partial charge in [0.05, 0.1) is 6.10 Å². The van der Waals surface area contributed by atoms with E-state index >= 15 is 0 Å². The third kappa shape index (κ3) is 6.46. The van der Waals surface area contributed by atoms with Crippen molar-refractivity contribution in [2.75, 3.05) is 13.2 Å². The number of benzene rings is 2. The molecule has 0 amide bonds. The number of allylic oxidation sites excluding steroid dienone is 1. The zero-order valence-electron chi connectivity index (χ0n) is 21.5. The van der Waals surface area contributed by atoms with Gasteiger partial charge in [-0.05, 0) is 99.3 Å². The largest absolute Gasteiger partial charge is 0.486 e. The molecule has 0 saturated heterocycles. The van der Waals surface area contributed by atoms with Gasteiger partial charge in [0.25, 0.3) is 0 Å². The lowest BCUT2D eigenvalue weighted by molar-refractivity contribution is 0.0579. The molecule has 2 aliphatic rings. The Kier molecular flexibility index (Phi) is 9.47. The van der Waals surface area contributed by atoms with Crippen molar-refractivity contribution in [3.05, 3.63) is 83.0 Å². The van der Waals surface area contributed by atoms with E-state index in [1.54, 1.807) is 18.2 Å². The minimum absolute atomic E-state index is 0.0567. The summed E-state index contributed by atoms with van der Waals surface area (Å²) in [5.41, 5.74) is 1.98. The molecule has 2 nitrogen and oxygen atoms in total. The number of hydrogen-bond acceptors (Lipinski definition) is 2. The monoisotopic (exact) mass is 516 g/mol. The Morgan fingerprint density at radius 1 is 0.919 bits per heavy atom. The summed E-state index contributed by atoms with van der Waals surface area (Å²) >= 11 is 0. The third-order valence-electron chi connectivity index (χ3n) is 7.82. The van der Waals surface area contributed by atoms with Gasteiger partial charge in [0.15, 0.2) is 23.2 Å². The van der Waals surface area contributed by atoms with Gasteiger partial charge >= 0.3 is 0 Å². The molecule has 1 unspecified atom stereocenters. The van der Waals surface area contributed by atoms with Gasteiger partial charge < -0.3 is 9.47 Å². The maximum absolute atomic E-state index is 14.9. The molecule has 0 N–H and O–H groups in total. The fraction of sp³-hybridized carbons (Fsp3) is 0.484. The molecule has 0 aromatic heterocycles. The van der Waals surface area contributed by atoms with E-state index in [4.69, 9.17) is 9.47 Å². The molecular weight excluding hydrogens is 480 g/mol. The van der Waals surface area contributed by atoms with Crippen LogP contribution in [0.4, 0.5) is 17.6 Å². The molecule has 2 aromatic rings.